The number of hydrogen-bond acceptors (Lipinski definition) is 2. The van der Waals surface area contributed by atoms with Crippen LogP contribution in [-0.4, -0.2) is 30.6 Å². The monoisotopic (exact) mass is 288 g/mol. The summed E-state index contributed by atoms with van der Waals surface area (Å²) < 4.78 is 0. The molecule has 1 heterocycles. The Balaban J connectivity index is 0.00000180. The molecule has 0 aromatic heterocycles. The molecule has 2 rings (SSSR count). The summed E-state index contributed by atoms with van der Waals surface area (Å²) in [5.41, 5.74) is 6.62. The molecule has 2 nitrogen and oxygen atoms in total. The Morgan fingerprint density at radius 2 is 1.63 bits per heavy atom. The maximum absolute atomic E-state index is 6.01. The van der Waals surface area contributed by atoms with Crippen molar-refractivity contribution in [2.24, 2.45) is 23.0 Å². The second-order valence-corrected chi connectivity index (χ2v) is 7.60. The van der Waals surface area contributed by atoms with Crippen molar-refractivity contribution in [3.63, 3.8) is 0 Å². The highest BCUT2D eigenvalue weighted by molar-refractivity contribution is 5.85. The molecule has 19 heavy (non-hydrogen) atoms. The van der Waals surface area contributed by atoms with Crippen LogP contribution in [0.5, 0.6) is 0 Å². The van der Waals surface area contributed by atoms with Gasteiger partial charge in [0.1, 0.15) is 0 Å². The highest BCUT2D eigenvalue weighted by Gasteiger charge is 2.29. The average Bonchev–Trinajstić information content (AvgIpc) is 2.33. The molecule has 1 atom stereocenters. The summed E-state index contributed by atoms with van der Waals surface area (Å²) in [5, 5.41) is 0. The van der Waals surface area contributed by atoms with Crippen LogP contribution in [0.15, 0.2) is 0 Å². The molecular formula is C16H33ClN2. The standard InChI is InChI=1S/C16H32N2.ClH/c1-13(17)15-6-10-18(11-7-15)12-14-4-8-16(2,3)9-5-14;/h13-15H,4-12,17H2,1-3H3;1H. The molecule has 1 saturated heterocycles. The Bertz CT molecular complexity index is 247. The highest BCUT2D eigenvalue weighted by atomic mass is 35.5. The van der Waals surface area contributed by atoms with E-state index >= 15 is 0 Å². The lowest BCUT2D eigenvalue weighted by molar-refractivity contribution is 0.113. The first-order chi connectivity index (χ1) is 8.46. The maximum atomic E-state index is 6.01. The Hall–Kier alpha value is 0.210. The number of piperidine rings is 1. The molecule has 2 N–H and O–H groups in total. The van der Waals surface area contributed by atoms with E-state index in [1.807, 2.05) is 0 Å². The molecule has 0 radical (unpaired) electrons. The van der Waals surface area contributed by atoms with E-state index in [1.54, 1.807) is 0 Å². The summed E-state index contributed by atoms with van der Waals surface area (Å²) in [6.07, 6.45) is 8.37. The number of rotatable bonds is 3. The Morgan fingerprint density at radius 3 is 2.11 bits per heavy atom. The van der Waals surface area contributed by atoms with Crippen molar-refractivity contribution in [2.75, 3.05) is 19.6 Å². The van der Waals surface area contributed by atoms with Crippen molar-refractivity contribution in [3.05, 3.63) is 0 Å². The largest absolute Gasteiger partial charge is 0.328 e. The Morgan fingerprint density at radius 1 is 1.11 bits per heavy atom. The maximum Gasteiger partial charge on any atom is 0.00397 e. The SMILES string of the molecule is CC(N)C1CCN(CC2CCC(C)(C)CC2)CC1.Cl. The van der Waals surface area contributed by atoms with Crippen molar-refractivity contribution < 1.29 is 0 Å². The molecule has 114 valence electrons. The van der Waals surface area contributed by atoms with Crippen molar-refractivity contribution in [1.82, 2.24) is 4.90 Å². The van der Waals surface area contributed by atoms with Crippen molar-refractivity contribution in [1.29, 1.82) is 0 Å². The van der Waals surface area contributed by atoms with Crippen LogP contribution in [0, 0.1) is 17.3 Å². The van der Waals surface area contributed by atoms with Gasteiger partial charge in [-0.2, -0.15) is 0 Å². The molecule has 0 bridgehead atoms. The van der Waals surface area contributed by atoms with E-state index in [9.17, 15) is 0 Å². The molecule has 1 aliphatic carbocycles. The third-order valence-electron chi connectivity index (χ3n) is 5.35. The number of nitrogens with two attached hydrogens (primary N) is 1. The van der Waals surface area contributed by atoms with E-state index in [4.69, 9.17) is 5.73 Å². The van der Waals surface area contributed by atoms with Gasteiger partial charge in [-0.25, -0.2) is 0 Å². The van der Waals surface area contributed by atoms with E-state index in [2.05, 4.69) is 25.7 Å². The number of likely N-dealkylation sites (tertiary alicyclic amines) is 1. The van der Waals surface area contributed by atoms with Gasteiger partial charge < -0.3 is 10.6 Å². The van der Waals surface area contributed by atoms with E-state index in [1.165, 1.54) is 58.2 Å². The van der Waals surface area contributed by atoms with Crippen LogP contribution in [-0.2, 0) is 0 Å². The van der Waals surface area contributed by atoms with Crippen LogP contribution in [0.1, 0.15) is 59.3 Å². The molecule has 0 aromatic carbocycles. The zero-order valence-electron chi connectivity index (χ0n) is 13.0. The first kappa shape index (κ1) is 17.3. The summed E-state index contributed by atoms with van der Waals surface area (Å²) in [7, 11) is 0. The van der Waals surface area contributed by atoms with E-state index in [-0.39, 0.29) is 12.4 Å². The van der Waals surface area contributed by atoms with E-state index in [0.717, 1.165) is 11.8 Å². The fraction of sp³-hybridized carbons (Fsp3) is 1.00. The Kier molecular flexibility index (Phi) is 6.62. The van der Waals surface area contributed by atoms with Crippen LogP contribution in [0.25, 0.3) is 0 Å². The molecule has 0 amide bonds. The average molecular weight is 289 g/mol. The van der Waals surface area contributed by atoms with Crippen LogP contribution in [0.2, 0.25) is 0 Å². The van der Waals surface area contributed by atoms with Gasteiger partial charge in [0.15, 0.2) is 0 Å². The van der Waals surface area contributed by atoms with Gasteiger partial charge >= 0.3 is 0 Å². The lowest BCUT2D eigenvalue weighted by atomic mass is 9.73. The number of halogens is 1. The van der Waals surface area contributed by atoms with Gasteiger partial charge in [-0.15, -0.1) is 12.4 Å². The van der Waals surface area contributed by atoms with Crippen LogP contribution in [0.4, 0.5) is 0 Å². The minimum Gasteiger partial charge on any atom is -0.328 e. The zero-order valence-corrected chi connectivity index (χ0v) is 13.8. The minimum atomic E-state index is 0. The summed E-state index contributed by atoms with van der Waals surface area (Å²) in [4.78, 5) is 2.70. The third kappa shape index (κ3) is 5.24. The molecule has 3 heteroatoms. The van der Waals surface area contributed by atoms with Gasteiger partial charge in [-0.1, -0.05) is 13.8 Å². The first-order valence-corrected chi connectivity index (χ1v) is 7.94. The summed E-state index contributed by atoms with van der Waals surface area (Å²) >= 11 is 0. The molecule has 2 fully saturated rings. The van der Waals surface area contributed by atoms with Crippen LogP contribution in [0.3, 0.4) is 0 Å². The van der Waals surface area contributed by atoms with Gasteiger partial charge in [-0.3, -0.25) is 0 Å². The summed E-state index contributed by atoms with van der Waals surface area (Å²) in [5.74, 6) is 1.73. The van der Waals surface area contributed by atoms with Gasteiger partial charge in [0, 0.05) is 12.6 Å². The summed E-state index contributed by atoms with van der Waals surface area (Å²) in [6, 6.07) is 0.391. The predicted octanol–water partition coefficient (Wildman–Crippen LogP) is 3.68. The Labute approximate surface area is 125 Å². The topological polar surface area (TPSA) is 29.3 Å². The van der Waals surface area contributed by atoms with Gasteiger partial charge in [-0.05, 0) is 75.8 Å². The highest BCUT2D eigenvalue weighted by Crippen LogP contribution is 2.38. The second-order valence-electron chi connectivity index (χ2n) is 7.60. The number of hydrogen-bond donors (Lipinski definition) is 1. The lowest BCUT2D eigenvalue weighted by Crippen LogP contribution is -2.42. The quantitative estimate of drug-likeness (QED) is 0.858. The molecule has 0 spiro atoms. The third-order valence-corrected chi connectivity index (χ3v) is 5.35. The molecule has 1 saturated carbocycles. The van der Waals surface area contributed by atoms with E-state index in [0.29, 0.717) is 11.5 Å². The van der Waals surface area contributed by atoms with Crippen molar-refractivity contribution in [2.45, 2.75) is 65.3 Å². The first-order valence-electron chi connectivity index (χ1n) is 7.94. The molecular weight excluding hydrogens is 256 g/mol. The summed E-state index contributed by atoms with van der Waals surface area (Å²) in [6.45, 7) is 10.9. The van der Waals surface area contributed by atoms with Gasteiger partial charge in [0.25, 0.3) is 0 Å². The minimum absolute atomic E-state index is 0. The molecule has 1 aliphatic heterocycles. The lowest BCUT2D eigenvalue weighted by Gasteiger charge is -2.39. The number of nitrogens with zero attached hydrogens (tertiary/aromatic N) is 1. The van der Waals surface area contributed by atoms with Crippen molar-refractivity contribution in [3.8, 4) is 0 Å². The second kappa shape index (κ2) is 7.28. The van der Waals surface area contributed by atoms with Crippen LogP contribution >= 0.6 is 12.4 Å². The van der Waals surface area contributed by atoms with Crippen molar-refractivity contribution >= 4 is 12.4 Å². The predicted molar refractivity (Wildman–Crippen MR) is 85.8 cm³/mol. The van der Waals surface area contributed by atoms with Gasteiger partial charge in [0.2, 0.25) is 0 Å². The fourth-order valence-corrected chi connectivity index (χ4v) is 3.67. The van der Waals surface area contributed by atoms with E-state index < -0.39 is 0 Å². The molecule has 1 unspecified atom stereocenters. The fourth-order valence-electron chi connectivity index (χ4n) is 3.67. The normalized spacial score (nSPS) is 27.8. The zero-order chi connectivity index (χ0) is 13.2. The van der Waals surface area contributed by atoms with Crippen LogP contribution < -0.4 is 5.73 Å². The smallest absolute Gasteiger partial charge is 0.00397 e. The van der Waals surface area contributed by atoms with Gasteiger partial charge in [0.05, 0.1) is 0 Å². The molecule has 0 aromatic rings. The molecule has 2 aliphatic rings.